The molecule has 0 atom stereocenters. The van der Waals surface area contributed by atoms with Crippen LogP contribution in [-0.2, 0) is 11.3 Å². The number of benzene rings is 2. The number of carbonyl (C=O) groups is 2. The summed E-state index contributed by atoms with van der Waals surface area (Å²) in [5.41, 5.74) is 7.98. The lowest BCUT2D eigenvalue weighted by molar-refractivity contribution is -0.117. The third-order valence-corrected chi connectivity index (χ3v) is 4.84. The SMILES string of the molecule is NCc1ccc(C(=O)N2CCN(CC(=O)Nc3ccc(Cl)cc3)CC2)cc1. The number of carbonyl (C=O) groups excluding carboxylic acids is 2. The molecule has 0 aromatic heterocycles. The van der Waals surface area contributed by atoms with Crippen molar-refractivity contribution in [3.63, 3.8) is 0 Å². The lowest BCUT2D eigenvalue weighted by Gasteiger charge is -2.34. The van der Waals surface area contributed by atoms with Gasteiger partial charge in [-0.1, -0.05) is 23.7 Å². The Bertz CT molecular complexity index is 785. The number of halogens is 1. The molecule has 1 aliphatic rings. The topological polar surface area (TPSA) is 78.7 Å². The molecule has 1 saturated heterocycles. The van der Waals surface area contributed by atoms with Crippen LogP contribution in [0.5, 0.6) is 0 Å². The van der Waals surface area contributed by atoms with Gasteiger partial charge in [-0.3, -0.25) is 14.5 Å². The minimum absolute atomic E-state index is 0.0174. The molecule has 1 fully saturated rings. The number of rotatable bonds is 5. The van der Waals surface area contributed by atoms with Crippen LogP contribution in [0, 0.1) is 0 Å². The molecule has 142 valence electrons. The van der Waals surface area contributed by atoms with E-state index in [9.17, 15) is 9.59 Å². The van der Waals surface area contributed by atoms with E-state index in [0.717, 1.165) is 11.3 Å². The molecule has 0 bridgehead atoms. The molecule has 3 N–H and O–H groups in total. The van der Waals surface area contributed by atoms with Crippen LogP contribution in [0.2, 0.25) is 5.02 Å². The number of nitrogens with two attached hydrogens (primary N) is 1. The zero-order chi connectivity index (χ0) is 19.2. The first-order valence-corrected chi connectivity index (χ1v) is 9.29. The fourth-order valence-electron chi connectivity index (χ4n) is 3.01. The molecule has 3 rings (SSSR count). The lowest BCUT2D eigenvalue weighted by atomic mass is 10.1. The van der Waals surface area contributed by atoms with E-state index in [4.69, 9.17) is 17.3 Å². The fourth-order valence-corrected chi connectivity index (χ4v) is 3.14. The molecule has 2 aromatic carbocycles. The maximum atomic E-state index is 12.6. The van der Waals surface area contributed by atoms with E-state index in [0.29, 0.717) is 49.9 Å². The van der Waals surface area contributed by atoms with E-state index in [1.165, 1.54) is 0 Å². The maximum absolute atomic E-state index is 12.6. The highest BCUT2D eigenvalue weighted by Gasteiger charge is 2.23. The van der Waals surface area contributed by atoms with Crippen molar-refractivity contribution in [2.75, 3.05) is 38.0 Å². The molecule has 0 spiro atoms. The lowest BCUT2D eigenvalue weighted by Crippen LogP contribution is -2.50. The monoisotopic (exact) mass is 386 g/mol. The van der Waals surface area contributed by atoms with Crippen LogP contribution < -0.4 is 11.1 Å². The second kappa shape index (κ2) is 8.99. The summed E-state index contributed by atoms with van der Waals surface area (Å²) < 4.78 is 0. The van der Waals surface area contributed by atoms with Gasteiger partial charge in [0.1, 0.15) is 0 Å². The number of nitrogens with one attached hydrogen (secondary N) is 1. The molecule has 0 saturated carbocycles. The van der Waals surface area contributed by atoms with Crippen LogP contribution in [0.1, 0.15) is 15.9 Å². The summed E-state index contributed by atoms with van der Waals surface area (Å²) in [4.78, 5) is 28.6. The highest BCUT2D eigenvalue weighted by molar-refractivity contribution is 6.30. The van der Waals surface area contributed by atoms with E-state index < -0.39 is 0 Å². The van der Waals surface area contributed by atoms with Crippen LogP contribution in [0.4, 0.5) is 5.69 Å². The number of piperazine rings is 1. The highest BCUT2D eigenvalue weighted by atomic mass is 35.5. The molecule has 1 heterocycles. The molecule has 27 heavy (non-hydrogen) atoms. The normalized spacial score (nSPS) is 14.8. The Kier molecular flexibility index (Phi) is 6.45. The second-order valence-electron chi connectivity index (χ2n) is 6.52. The standard InChI is InChI=1S/C20H23ClN4O2/c21-17-5-7-18(8-6-17)23-19(26)14-24-9-11-25(12-10-24)20(27)16-3-1-15(13-22)2-4-16/h1-8H,9-14,22H2,(H,23,26). The Labute approximate surface area is 163 Å². The van der Waals surface area contributed by atoms with Crippen molar-refractivity contribution in [2.45, 2.75) is 6.54 Å². The zero-order valence-electron chi connectivity index (χ0n) is 15.0. The molecule has 0 unspecified atom stereocenters. The molecule has 0 radical (unpaired) electrons. The van der Waals surface area contributed by atoms with E-state index >= 15 is 0 Å². The summed E-state index contributed by atoms with van der Waals surface area (Å²) in [6.45, 7) is 3.31. The number of amides is 2. The minimum Gasteiger partial charge on any atom is -0.336 e. The van der Waals surface area contributed by atoms with Crippen molar-refractivity contribution < 1.29 is 9.59 Å². The predicted octanol–water partition coefficient (Wildman–Crippen LogP) is 2.20. The van der Waals surface area contributed by atoms with E-state index in [-0.39, 0.29) is 11.8 Å². The van der Waals surface area contributed by atoms with Gasteiger partial charge in [-0.15, -0.1) is 0 Å². The molecule has 7 heteroatoms. The first kappa shape index (κ1) is 19.4. The Balaban J connectivity index is 1.47. The van der Waals surface area contributed by atoms with Crippen LogP contribution in [0.3, 0.4) is 0 Å². The van der Waals surface area contributed by atoms with Gasteiger partial charge < -0.3 is 16.0 Å². The van der Waals surface area contributed by atoms with Crippen molar-refractivity contribution in [2.24, 2.45) is 5.73 Å². The largest absolute Gasteiger partial charge is 0.336 e. The Morgan fingerprint density at radius 3 is 2.19 bits per heavy atom. The van der Waals surface area contributed by atoms with E-state index in [2.05, 4.69) is 5.32 Å². The smallest absolute Gasteiger partial charge is 0.253 e. The first-order chi connectivity index (χ1) is 13.0. The molecule has 6 nitrogen and oxygen atoms in total. The van der Waals surface area contributed by atoms with Crippen molar-refractivity contribution in [1.82, 2.24) is 9.80 Å². The summed E-state index contributed by atoms with van der Waals surface area (Å²) in [6.07, 6.45) is 0. The third kappa shape index (κ3) is 5.29. The quantitative estimate of drug-likeness (QED) is 0.825. The molecule has 2 aromatic rings. The van der Waals surface area contributed by atoms with Crippen LogP contribution in [0.25, 0.3) is 0 Å². The average molecular weight is 387 g/mol. The van der Waals surface area contributed by atoms with Crippen LogP contribution in [0.15, 0.2) is 48.5 Å². The van der Waals surface area contributed by atoms with Crippen LogP contribution in [-0.4, -0.2) is 54.3 Å². The molecule has 0 aliphatic carbocycles. The first-order valence-electron chi connectivity index (χ1n) is 8.91. The third-order valence-electron chi connectivity index (χ3n) is 4.59. The molecule has 2 amide bonds. The molecule has 1 aliphatic heterocycles. The van der Waals surface area contributed by atoms with Crippen molar-refractivity contribution in [3.05, 3.63) is 64.7 Å². The zero-order valence-corrected chi connectivity index (χ0v) is 15.8. The van der Waals surface area contributed by atoms with E-state index in [1.54, 1.807) is 24.3 Å². The maximum Gasteiger partial charge on any atom is 0.253 e. The van der Waals surface area contributed by atoms with Gasteiger partial charge in [-0.05, 0) is 42.0 Å². The predicted molar refractivity (Wildman–Crippen MR) is 107 cm³/mol. The van der Waals surface area contributed by atoms with Crippen molar-refractivity contribution >= 4 is 29.1 Å². The van der Waals surface area contributed by atoms with E-state index in [1.807, 2.05) is 34.1 Å². The van der Waals surface area contributed by atoms with Gasteiger partial charge >= 0.3 is 0 Å². The summed E-state index contributed by atoms with van der Waals surface area (Å²) >= 11 is 5.84. The number of nitrogens with zero attached hydrogens (tertiary/aromatic N) is 2. The van der Waals surface area contributed by atoms with Gasteiger partial charge in [0.05, 0.1) is 6.54 Å². The van der Waals surface area contributed by atoms with Gasteiger partial charge in [-0.25, -0.2) is 0 Å². The number of anilines is 1. The summed E-state index contributed by atoms with van der Waals surface area (Å²) in [5.74, 6) is -0.0571. The van der Waals surface area contributed by atoms with Gasteiger partial charge in [-0.2, -0.15) is 0 Å². The minimum atomic E-state index is -0.0746. The van der Waals surface area contributed by atoms with Gasteiger partial charge in [0, 0.05) is 49.0 Å². The molecular formula is C20H23ClN4O2. The Morgan fingerprint density at radius 1 is 0.963 bits per heavy atom. The number of hydrogen-bond donors (Lipinski definition) is 2. The second-order valence-corrected chi connectivity index (χ2v) is 6.96. The van der Waals surface area contributed by atoms with Crippen molar-refractivity contribution in [3.8, 4) is 0 Å². The van der Waals surface area contributed by atoms with Gasteiger partial charge in [0.15, 0.2) is 0 Å². The van der Waals surface area contributed by atoms with Crippen LogP contribution >= 0.6 is 11.6 Å². The summed E-state index contributed by atoms with van der Waals surface area (Å²) in [5, 5.41) is 3.49. The fraction of sp³-hybridized carbons (Fsp3) is 0.300. The Morgan fingerprint density at radius 2 is 1.59 bits per heavy atom. The summed E-state index contributed by atoms with van der Waals surface area (Å²) in [7, 11) is 0. The Hall–Kier alpha value is -2.41. The number of hydrogen-bond acceptors (Lipinski definition) is 4. The molecular weight excluding hydrogens is 364 g/mol. The van der Waals surface area contributed by atoms with Gasteiger partial charge in [0.2, 0.25) is 5.91 Å². The van der Waals surface area contributed by atoms with Gasteiger partial charge in [0.25, 0.3) is 5.91 Å². The average Bonchev–Trinajstić information content (AvgIpc) is 2.70. The highest BCUT2D eigenvalue weighted by Crippen LogP contribution is 2.14. The van der Waals surface area contributed by atoms with Crippen molar-refractivity contribution in [1.29, 1.82) is 0 Å². The summed E-state index contributed by atoms with van der Waals surface area (Å²) in [6, 6.07) is 14.4.